The molecule has 0 fully saturated rings. The maximum absolute atomic E-state index is 13.2. The van der Waals surface area contributed by atoms with Crippen molar-refractivity contribution in [1.82, 2.24) is 9.55 Å². The molecule has 1 aromatic carbocycles. The van der Waals surface area contributed by atoms with Gasteiger partial charge in [-0.2, -0.15) is 0 Å². The van der Waals surface area contributed by atoms with Crippen molar-refractivity contribution in [3.05, 3.63) is 46.8 Å². The summed E-state index contributed by atoms with van der Waals surface area (Å²) < 4.78 is 20.6. The van der Waals surface area contributed by atoms with Gasteiger partial charge >= 0.3 is 0 Å². The lowest BCUT2D eigenvalue weighted by atomic mass is 10.1. The van der Waals surface area contributed by atoms with E-state index in [4.69, 9.17) is 22.1 Å². The Bertz CT molecular complexity index is 583. The molecular formula is C13H15ClFN3O. The molecule has 0 bridgehead atoms. The summed E-state index contributed by atoms with van der Waals surface area (Å²) in [6, 6.07) is 3.98. The number of rotatable bonds is 4. The van der Waals surface area contributed by atoms with Crippen LogP contribution in [0.3, 0.4) is 0 Å². The molecule has 0 aliphatic heterocycles. The van der Waals surface area contributed by atoms with Gasteiger partial charge in [-0.05, 0) is 25.1 Å². The molecule has 102 valence electrons. The first-order valence-electron chi connectivity index (χ1n) is 5.83. The van der Waals surface area contributed by atoms with E-state index in [1.807, 2.05) is 0 Å². The Labute approximate surface area is 116 Å². The first-order valence-corrected chi connectivity index (χ1v) is 6.20. The molecule has 4 nitrogen and oxygen atoms in total. The molecule has 0 amide bonds. The molecule has 2 aromatic rings. The Morgan fingerprint density at radius 3 is 2.84 bits per heavy atom. The van der Waals surface area contributed by atoms with E-state index in [1.165, 1.54) is 12.1 Å². The normalized spacial score (nSPS) is 12.5. The van der Waals surface area contributed by atoms with Crippen molar-refractivity contribution in [2.75, 3.05) is 0 Å². The van der Waals surface area contributed by atoms with E-state index >= 15 is 0 Å². The molecule has 2 N–H and O–H groups in total. The number of halogens is 2. The maximum Gasteiger partial charge on any atom is 0.147 e. The van der Waals surface area contributed by atoms with Crippen LogP contribution < -0.4 is 10.5 Å². The Kier molecular flexibility index (Phi) is 4.07. The van der Waals surface area contributed by atoms with Gasteiger partial charge in [-0.3, -0.25) is 0 Å². The third kappa shape index (κ3) is 3.05. The molecule has 19 heavy (non-hydrogen) atoms. The second kappa shape index (κ2) is 5.59. The van der Waals surface area contributed by atoms with Crippen LogP contribution in [0.5, 0.6) is 5.75 Å². The average Bonchev–Trinajstić information content (AvgIpc) is 2.68. The summed E-state index contributed by atoms with van der Waals surface area (Å²) in [5.41, 5.74) is 6.42. The minimum absolute atomic E-state index is 0.245. The van der Waals surface area contributed by atoms with Crippen molar-refractivity contribution < 1.29 is 9.13 Å². The fraction of sp³-hybridized carbons (Fsp3) is 0.308. The molecule has 6 heteroatoms. The summed E-state index contributed by atoms with van der Waals surface area (Å²) in [5, 5.41) is 0.533. The van der Waals surface area contributed by atoms with E-state index in [9.17, 15) is 4.39 Å². The number of aromatic nitrogens is 2. The summed E-state index contributed by atoms with van der Waals surface area (Å²) in [4.78, 5) is 4.12. The maximum atomic E-state index is 13.2. The van der Waals surface area contributed by atoms with Gasteiger partial charge < -0.3 is 15.0 Å². The van der Waals surface area contributed by atoms with Crippen molar-refractivity contribution >= 4 is 11.6 Å². The molecule has 1 heterocycles. The highest BCUT2D eigenvalue weighted by atomic mass is 35.5. The van der Waals surface area contributed by atoms with E-state index in [0.717, 1.165) is 0 Å². The van der Waals surface area contributed by atoms with Crippen molar-refractivity contribution in [3.63, 3.8) is 0 Å². The number of hydrogen-bond acceptors (Lipinski definition) is 3. The zero-order chi connectivity index (χ0) is 14.0. The predicted molar refractivity (Wildman–Crippen MR) is 71.6 cm³/mol. The van der Waals surface area contributed by atoms with E-state index in [1.54, 1.807) is 30.8 Å². The molecule has 0 aliphatic carbocycles. The van der Waals surface area contributed by atoms with Crippen LogP contribution in [0.1, 0.15) is 24.4 Å². The number of imidazole rings is 1. The number of ether oxygens (including phenoxy) is 1. The molecule has 0 saturated heterocycles. The van der Waals surface area contributed by atoms with Crippen molar-refractivity contribution in [2.45, 2.75) is 19.6 Å². The van der Waals surface area contributed by atoms with Gasteiger partial charge in [0, 0.05) is 18.7 Å². The monoisotopic (exact) mass is 283 g/mol. The SMILES string of the molecule is C[C@@H](N)c1cc(F)ccc1OCc1ncc(Cl)n1C. The Hall–Kier alpha value is -1.59. The summed E-state index contributed by atoms with van der Waals surface area (Å²) in [5.74, 6) is 0.903. The predicted octanol–water partition coefficient (Wildman–Crippen LogP) is 2.81. The standard InChI is InChI=1S/C13H15ClFN3O/c1-8(16)10-5-9(15)3-4-11(10)19-7-13-17-6-12(14)18(13)2/h3-6,8H,7,16H2,1-2H3/t8-/m1/s1. The van der Waals surface area contributed by atoms with Gasteiger partial charge in [0.05, 0.1) is 6.20 Å². The number of nitrogens with two attached hydrogens (primary N) is 1. The van der Waals surface area contributed by atoms with Crippen LogP contribution >= 0.6 is 11.6 Å². The van der Waals surface area contributed by atoms with E-state index < -0.39 is 0 Å². The Morgan fingerprint density at radius 2 is 2.26 bits per heavy atom. The van der Waals surface area contributed by atoms with Gasteiger partial charge in [-0.1, -0.05) is 11.6 Å². The molecule has 0 radical (unpaired) electrons. The largest absolute Gasteiger partial charge is 0.485 e. The van der Waals surface area contributed by atoms with Gasteiger partial charge in [-0.15, -0.1) is 0 Å². The number of hydrogen-bond donors (Lipinski definition) is 1. The van der Waals surface area contributed by atoms with Crippen LogP contribution in [-0.4, -0.2) is 9.55 Å². The smallest absolute Gasteiger partial charge is 0.147 e. The highest BCUT2D eigenvalue weighted by Gasteiger charge is 2.11. The van der Waals surface area contributed by atoms with Crippen LogP contribution in [0.2, 0.25) is 5.15 Å². The summed E-state index contributed by atoms with van der Waals surface area (Å²) in [6.07, 6.45) is 1.55. The molecular weight excluding hydrogens is 269 g/mol. The van der Waals surface area contributed by atoms with Gasteiger partial charge in [0.25, 0.3) is 0 Å². The molecule has 1 atom stereocenters. The lowest BCUT2D eigenvalue weighted by molar-refractivity contribution is 0.287. The molecule has 0 unspecified atom stereocenters. The Balaban J connectivity index is 2.17. The quantitative estimate of drug-likeness (QED) is 0.939. The van der Waals surface area contributed by atoms with Crippen LogP contribution in [0.25, 0.3) is 0 Å². The van der Waals surface area contributed by atoms with Gasteiger partial charge in [-0.25, -0.2) is 9.37 Å². The molecule has 0 saturated carbocycles. The molecule has 2 rings (SSSR count). The summed E-state index contributed by atoms with van der Waals surface area (Å²) in [6.45, 7) is 2.02. The third-order valence-corrected chi connectivity index (χ3v) is 3.20. The van der Waals surface area contributed by atoms with Crippen LogP contribution in [0.15, 0.2) is 24.4 Å². The molecule has 0 spiro atoms. The summed E-state index contributed by atoms with van der Waals surface area (Å²) in [7, 11) is 1.80. The van der Waals surface area contributed by atoms with Crippen molar-refractivity contribution in [1.29, 1.82) is 0 Å². The van der Waals surface area contributed by atoms with E-state index in [2.05, 4.69) is 4.98 Å². The minimum atomic E-state index is -0.334. The lowest BCUT2D eigenvalue weighted by Crippen LogP contribution is -2.10. The van der Waals surface area contributed by atoms with Gasteiger partial charge in [0.15, 0.2) is 0 Å². The third-order valence-electron chi connectivity index (χ3n) is 2.85. The number of benzene rings is 1. The van der Waals surface area contributed by atoms with E-state index in [0.29, 0.717) is 22.3 Å². The average molecular weight is 284 g/mol. The highest BCUT2D eigenvalue weighted by molar-refractivity contribution is 6.29. The first-order chi connectivity index (χ1) is 8.99. The Morgan fingerprint density at radius 1 is 1.53 bits per heavy atom. The van der Waals surface area contributed by atoms with E-state index in [-0.39, 0.29) is 18.5 Å². The lowest BCUT2D eigenvalue weighted by Gasteiger charge is -2.14. The fourth-order valence-corrected chi connectivity index (χ4v) is 1.85. The van der Waals surface area contributed by atoms with Crippen molar-refractivity contribution in [2.24, 2.45) is 12.8 Å². The first kappa shape index (κ1) is 13.8. The molecule has 1 aromatic heterocycles. The van der Waals surface area contributed by atoms with Crippen LogP contribution in [0.4, 0.5) is 4.39 Å². The van der Waals surface area contributed by atoms with Gasteiger partial charge in [0.1, 0.15) is 29.2 Å². The van der Waals surface area contributed by atoms with Crippen LogP contribution in [0, 0.1) is 5.82 Å². The minimum Gasteiger partial charge on any atom is -0.485 e. The second-order valence-corrected chi connectivity index (χ2v) is 4.70. The fourth-order valence-electron chi connectivity index (χ4n) is 1.71. The van der Waals surface area contributed by atoms with Crippen molar-refractivity contribution in [3.8, 4) is 5.75 Å². The highest BCUT2D eigenvalue weighted by Crippen LogP contribution is 2.25. The topological polar surface area (TPSA) is 53.1 Å². The second-order valence-electron chi connectivity index (χ2n) is 4.32. The number of nitrogens with zero attached hydrogens (tertiary/aromatic N) is 2. The zero-order valence-corrected chi connectivity index (χ0v) is 11.5. The van der Waals surface area contributed by atoms with Gasteiger partial charge in [0.2, 0.25) is 0 Å². The zero-order valence-electron chi connectivity index (χ0n) is 10.7. The molecule has 0 aliphatic rings. The summed E-state index contributed by atoms with van der Waals surface area (Å²) >= 11 is 5.89. The van der Waals surface area contributed by atoms with Crippen LogP contribution in [-0.2, 0) is 13.7 Å².